The second-order valence-electron chi connectivity index (χ2n) is 5.76. The second kappa shape index (κ2) is 5.55. The normalized spacial score (nSPS) is 33.6. The number of amides is 1. The highest BCUT2D eigenvalue weighted by Gasteiger charge is 2.36. The molecule has 2 atom stereocenters. The second-order valence-corrected chi connectivity index (χ2v) is 5.76. The minimum atomic E-state index is 0.182. The van der Waals surface area contributed by atoms with Crippen molar-refractivity contribution in [2.45, 2.75) is 31.3 Å². The molecule has 0 aromatic rings. The van der Waals surface area contributed by atoms with Crippen molar-refractivity contribution in [3.8, 4) is 0 Å². The van der Waals surface area contributed by atoms with Crippen LogP contribution in [0.3, 0.4) is 0 Å². The van der Waals surface area contributed by atoms with Gasteiger partial charge in [-0.15, -0.1) is 0 Å². The van der Waals surface area contributed by atoms with Gasteiger partial charge in [0.2, 0.25) is 5.91 Å². The molecule has 0 aromatic carbocycles. The number of nitrogens with one attached hydrogen (secondary N) is 2. The Hall–Kier alpha value is -0.650. The van der Waals surface area contributed by atoms with Gasteiger partial charge in [0.1, 0.15) is 0 Å². The maximum atomic E-state index is 12.0. The third-order valence-electron chi connectivity index (χ3n) is 4.39. The van der Waals surface area contributed by atoms with Gasteiger partial charge in [-0.25, -0.2) is 0 Å². The Balaban J connectivity index is 1.41. The van der Waals surface area contributed by atoms with Gasteiger partial charge in [0.25, 0.3) is 0 Å². The summed E-state index contributed by atoms with van der Waals surface area (Å²) in [5.41, 5.74) is 0. The zero-order valence-corrected chi connectivity index (χ0v) is 10.9. The Morgan fingerprint density at radius 1 is 1.28 bits per heavy atom. The molecule has 3 aliphatic rings. The summed E-state index contributed by atoms with van der Waals surface area (Å²) in [6.45, 7) is 5.39. The van der Waals surface area contributed by atoms with Gasteiger partial charge >= 0.3 is 0 Å². The summed E-state index contributed by atoms with van der Waals surface area (Å²) in [6.07, 6.45) is 3.18. The predicted molar refractivity (Wildman–Crippen MR) is 68.3 cm³/mol. The fourth-order valence-corrected chi connectivity index (χ4v) is 3.39. The van der Waals surface area contributed by atoms with Crippen molar-refractivity contribution < 1.29 is 9.53 Å². The lowest BCUT2D eigenvalue weighted by molar-refractivity contribution is -0.123. The van der Waals surface area contributed by atoms with Crippen molar-refractivity contribution in [1.82, 2.24) is 15.5 Å². The molecule has 0 unspecified atom stereocenters. The summed E-state index contributed by atoms with van der Waals surface area (Å²) < 4.78 is 5.30. The first-order valence-electron chi connectivity index (χ1n) is 7.14. The molecule has 102 valence electrons. The van der Waals surface area contributed by atoms with Crippen molar-refractivity contribution in [3.05, 3.63) is 0 Å². The lowest BCUT2D eigenvalue weighted by Gasteiger charge is -2.24. The van der Waals surface area contributed by atoms with Crippen LogP contribution in [0, 0.1) is 5.92 Å². The van der Waals surface area contributed by atoms with E-state index in [1.165, 1.54) is 6.42 Å². The van der Waals surface area contributed by atoms with E-state index in [0.717, 1.165) is 51.6 Å². The molecule has 0 bridgehead atoms. The van der Waals surface area contributed by atoms with Crippen molar-refractivity contribution in [1.29, 1.82) is 0 Å². The highest BCUT2D eigenvalue weighted by atomic mass is 16.5. The van der Waals surface area contributed by atoms with Crippen LogP contribution in [0.25, 0.3) is 0 Å². The fraction of sp³-hybridized carbons (Fsp3) is 0.923. The van der Waals surface area contributed by atoms with Crippen LogP contribution in [0.4, 0.5) is 0 Å². The van der Waals surface area contributed by atoms with Crippen molar-refractivity contribution >= 4 is 5.91 Å². The number of hydrogen-bond acceptors (Lipinski definition) is 4. The molecule has 3 heterocycles. The molecule has 3 saturated heterocycles. The summed E-state index contributed by atoms with van der Waals surface area (Å²) in [4.78, 5) is 14.3. The zero-order valence-electron chi connectivity index (χ0n) is 10.9. The molecule has 3 fully saturated rings. The van der Waals surface area contributed by atoms with Crippen LogP contribution in [0.5, 0.6) is 0 Å². The van der Waals surface area contributed by atoms with E-state index >= 15 is 0 Å². The first-order valence-corrected chi connectivity index (χ1v) is 7.14. The number of hydrogen-bond donors (Lipinski definition) is 2. The molecular formula is C13H23N3O2. The van der Waals surface area contributed by atoms with Crippen LogP contribution in [0.2, 0.25) is 0 Å². The van der Waals surface area contributed by atoms with Gasteiger partial charge < -0.3 is 15.4 Å². The van der Waals surface area contributed by atoms with Gasteiger partial charge in [0, 0.05) is 38.4 Å². The highest BCUT2D eigenvalue weighted by molar-refractivity contribution is 5.78. The number of carbonyl (C=O) groups is 1. The lowest BCUT2D eigenvalue weighted by Crippen LogP contribution is -2.44. The van der Waals surface area contributed by atoms with Gasteiger partial charge in [-0.2, -0.15) is 0 Å². The minimum absolute atomic E-state index is 0.182. The maximum absolute atomic E-state index is 12.0. The number of rotatable bonds is 3. The van der Waals surface area contributed by atoms with Crippen LogP contribution in [0.15, 0.2) is 0 Å². The molecule has 3 rings (SSSR count). The molecule has 5 nitrogen and oxygen atoms in total. The SMILES string of the molecule is O=C(CN1C[C@@H]2CCN[C@@H]2C1)NC1CCOCC1. The molecule has 5 heteroatoms. The predicted octanol–water partition coefficient (Wildman–Crippen LogP) is -0.425. The van der Waals surface area contributed by atoms with Crippen molar-refractivity contribution in [3.63, 3.8) is 0 Å². The Labute approximate surface area is 108 Å². The first-order chi connectivity index (χ1) is 8.81. The Kier molecular flexibility index (Phi) is 3.82. The molecule has 1 amide bonds. The molecule has 3 aliphatic heterocycles. The van der Waals surface area contributed by atoms with Gasteiger partial charge in [-0.05, 0) is 31.7 Å². The van der Waals surface area contributed by atoms with Crippen molar-refractivity contribution in [2.75, 3.05) is 39.4 Å². The van der Waals surface area contributed by atoms with Crippen LogP contribution >= 0.6 is 0 Å². The number of likely N-dealkylation sites (tertiary alicyclic amines) is 1. The third kappa shape index (κ3) is 2.84. The molecule has 0 spiro atoms. The first kappa shape index (κ1) is 12.4. The molecule has 0 saturated carbocycles. The maximum Gasteiger partial charge on any atom is 0.234 e. The van der Waals surface area contributed by atoms with E-state index in [-0.39, 0.29) is 5.91 Å². The molecule has 2 N–H and O–H groups in total. The largest absolute Gasteiger partial charge is 0.381 e. The third-order valence-corrected chi connectivity index (χ3v) is 4.39. The van der Waals surface area contributed by atoms with E-state index in [1.54, 1.807) is 0 Å². The molecule has 0 aromatic heterocycles. The van der Waals surface area contributed by atoms with E-state index in [4.69, 9.17) is 4.74 Å². The van der Waals surface area contributed by atoms with Gasteiger partial charge in [0.15, 0.2) is 0 Å². The topological polar surface area (TPSA) is 53.6 Å². The molecule has 18 heavy (non-hydrogen) atoms. The minimum Gasteiger partial charge on any atom is -0.381 e. The van der Waals surface area contributed by atoms with E-state index in [2.05, 4.69) is 15.5 Å². The van der Waals surface area contributed by atoms with E-state index < -0.39 is 0 Å². The smallest absolute Gasteiger partial charge is 0.234 e. The average Bonchev–Trinajstić information content (AvgIpc) is 2.90. The van der Waals surface area contributed by atoms with Crippen molar-refractivity contribution in [2.24, 2.45) is 5.92 Å². The summed E-state index contributed by atoms with van der Waals surface area (Å²) in [7, 11) is 0. The standard InChI is InChI=1S/C13H23N3O2/c17-13(15-11-2-5-18-6-3-11)9-16-7-10-1-4-14-12(10)8-16/h10-12,14H,1-9H2,(H,15,17)/t10-,12+/m0/s1. The number of fused-ring (bicyclic) bond motifs is 1. The number of ether oxygens (including phenoxy) is 1. The fourth-order valence-electron chi connectivity index (χ4n) is 3.39. The lowest BCUT2D eigenvalue weighted by atomic mass is 10.1. The molecule has 0 radical (unpaired) electrons. The van der Waals surface area contributed by atoms with Crippen LogP contribution in [-0.2, 0) is 9.53 Å². The Morgan fingerprint density at radius 3 is 2.89 bits per heavy atom. The monoisotopic (exact) mass is 253 g/mol. The van der Waals surface area contributed by atoms with E-state index in [1.807, 2.05) is 0 Å². The van der Waals surface area contributed by atoms with Gasteiger partial charge in [0.05, 0.1) is 6.54 Å². The van der Waals surface area contributed by atoms with Crippen LogP contribution in [-0.4, -0.2) is 62.3 Å². The summed E-state index contributed by atoms with van der Waals surface area (Å²) in [6, 6.07) is 0.951. The number of carbonyl (C=O) groups excluding carboxylic acids is 1. The quantitative estimate of drug-likeness (QED) is 0.717. The molecular weight excluding hydrogens is 230 g/mol. The van der Waals surface area contributed by atoms with Crippen LogP contribution in [0.1, 0.15) is 19.3 Å². The van der Waals surface area contributed by atoms with Crippen LogP contribution < -0.4 is 10.6 Å². The van der Waals surface area contributed by atoms with Gasteiger partial charge in [-0.3, -0.25) is 9.69 Å². The van der Waals surface area contributed by atoms with E-state index in [9.17, 15) is 4.79 Å². The highest BCUT2D eigenvalue weighted by Crippen LogP contribution is 2.24. The summed E-state index contributed by atoms with van der Waals surface area (Å²) in [5, 5.41) is 6.64. The average molecular weight is 253 g/mol. The number of nitrogens with zero attached hydrogens (tertiary/aromatic N) is 1. The Morgan fingerprint density at radius 2 is 2.11 bits per heavy atom. The summed E-state index contributed by atoms with van der Waals surface area (Å²) >= 11 is 0. The summed E-state index contributed by atoms with van der Waals surface area (Å²) in [5.74, 6) is 0.947. The molecule has 0 aliphatic carbocycles. The Bertz CT molecular complexity index is 293. The zero-order chi connectivity index (χ0) is 12.4. The van der Waals surface area contributed by atoms with Gasteiger partial charge in [-0.1, -0.05) is 0 Å². The van der Waals surface area contributed by atoms with E-state index in [0.29, 0.717) is 18.6 Å².